The number of hydrogen-bond acceptors (Lipinski definition) is 2. The van der Waals surface area contributed by atoms with Gasteiger partial charge in [-0.2, -0.15) is 0 Å². The molecule has 2 rings (SSSR count). The molecule has 1 aromatic carbocycles. The van der Waals surface area contributed by atoms with Gasteiger partial charge in [0.05, 0.1) is 12.5 Å². The van der Waals surface area contributed by atoms with Gasteiger partial charge >= 0.3 is 0 Å². The molecule has 0 saturated heterocycles. The molecule has 0 spiro atoms. The Kier molecular flexibility index (Phi) is 5.70. The summed E-state index contributed by atoms with van der Waals surface area (Å²) in [6.07, 6.45) is 3.86. The molecule has 110 valence electrons. The van der Waals surface area contributed by atoms with E-state index in [0.717, 1.165) is 25.7 Å². The highest BCUT2D eigenvalue weighted by molar-refractivity contribution is 6.36. The van der Waals surface area contributed by atoms with E-state index in [4.69, 9.17) is 23.2 Å². The fraction of sp³-hybridized carbons (Fsp3) is 0.533. The third kappa shape index (κ3) is 4.11. The lowest BCUT2D eigenvalue weighted by Gasteiger charge is -2.27. The second-order valence-electron chi connectivity index (χ2n) is 5.29. The van der Waals surface area contributed by atoms with Crippen LogP contribution in [-0.2, 0) is 11.2 Å². The van der Waals surface area contributed by atoms with Crippen LogP contribution in [0.4, 0.5) is 0 Å². The van der Waals surface area contributed by atoms with Crippen LogP contribution in [0.5, 0.6) is 0 Å². The normalized spacial score (nSPS) is 22.6. The van der Waals surface area contributed by atoms with Gasteiger partial charge in [0.2, 0.25) is 5.91 Å². The molecule has 1 aliphatic rings. The fourth-order valence-electron chi connectivity index (χ4n) is 2.60. The molecule has 1 aromatic rings. The average Bonchev–Trinajstić information content (AvgIpc) is 2.42. The molecule has 2 atom stereocenters. The summed E-state index contributed by atoms with van der Waals surface area (Å²) in [5.41, 5.74) is 0.650. The largest absolute Gasteiger partial charge is 0.393 e. The van der Waals surface area contributed by atoms with Crippen molar-refractivity contribution in [3.63, 3.8) is 0 Å². The minimum absolute atomic E-state index is 0.113. The maximum absolute atomic E-state index is 12.0. The zero-order valence-electron chi connectivity index (χ0n) is 11.2. The zero-order chi connectivity index (χ0) is 14.5. The molecule has 3 nitrogen and oxygen atoms in total. The van der Waals surface area contributed by atoms with Crippen LogP contribution in [0, 0.1) is 5.92 Å². The van der Waals surface area contributed by atoms with Crippen LogP contribution in [0.25, 0.3) is 0 Å². The van der Waals surface area contributed by atoms with Gasteiger partial charge in [-0.15, -0.1) is 0 Å². The van der Waals surface area contributed by atoms with E-state index in [9.17, 15) is 9.90 Å². The van der Waals surface area contributed by atoms with Crippen LogP contribution in [-0.4, -0.2) is 23.7 Å². The van der Waals surface area contributed by atoms with Crippen molar-refractivity contribution in [1.82, 2.24) is 5.32 Å². The van der Waals surface area contributed by atoms with Gasteiger partial charge in [0, 0.05) is 22.5 Å². The Hall–Kier alpha value is -0.770. The maximum Gasteiger partial charge on any atom is 0.224 e. The molecule has 20 heavy (non-hydrogen) atoms. The number of rotatable bonds is 4. The Morgan fingerprint density at radius 2 is 1.90 bits per heavy atom. The molecule has 1 aliphatic carbocycles. The van der Waals surface area contributed by atoms with Crippen LogP contribution < -0.4 is 5.32 Å². The van der Waals surface area contributed by atoms with Gasteiger partial charge in [-0.05, 0) is 30.5 Å². The van der Waals surface area contributed by atoms with E-state index in [1.54, 1.807) is 18.2 Å². The summed E-state index contributed by atoms with van der Waals surface area (Å²) >= 11 is 12.1. The molecule has 1 fully saturated rings. The second kappa shape index (κ2) is 7.30. The molecule has 5 heteroatoms. The Morgan fingerprint density at radius 1 is 1.25 bits per heavy atom. The summed E-state index contributed by atoms with van der Waals surface area (Å²) in [6, 6.07) is 5.20. The van der Waals surface area contributed by atoms with E-state index in [0.29, 0.717) is 22.2 Å². The summed E-state index contributed by atoms with van der Waals surface area (Å²) in [4.78, 5) is 12.0. The summed E-state index contributed by atoms with van der Waals surface area (Å²) in [7, 11) is 0. The topological polar surface area (TPSA) is 49.3 Å². The Labute approximate surface area is 129 Å². The Balaban J connectivity index is 1.86. The van der Waals surface area contributed by atoms with Gasteiger partial charge in [-0.25, -0.2) is 0 Å². The number of halogens is 2. The molecule has 2 unspecified atom stereocenters. The summed E-state index contributed by atoms with van der Waals surface area (Å²) in [5.74, 6) is 0.0483. The molecule has 0 aliphatic heterocycles. The standard InChI is InChI=1S/C15H19Cl2NO2/c16-12-5-3-6-13(17)11(12)8-15(20)18-9-10-4-1-2-7-14(10)19/h3,5-6,10,14,19H,1-2,4,7-9H2,(H,18,20). The lowest BCUT2D eigenvalue weighted by atomic mass is 9.86. The van der Waals surface area contributed by atoms with Gasteiger partial charge in [0.25, 0.3) is 0 Å². The van der Waals surface area contributed by atoms with Crippen molar-refractivity contribution in [2.45, 2.75) is 38.2 Å². The first kappa shape index (κ1) is 15.6. The van der Waals surface area contributed by atoms with Gasteiger partial charge in [0.1, 0.15) is 0 Å². The van der Waals surface area contributed by atoms with Crippen molar-refractivity contribution in [3.8, 4) is 0 Å². The van der Waals surface area contributed by atoms with E-state index in [2.05, 4.69) is 5.32 Å². The number of nitrogens with one attached hydrogen (secondary N) is 1. The molecule has 0 bridgehead atoms. The van der Waals surface area contributed by atoms with Crippen molar-refractivity contribution >= 4 is 29.1 Å². The summed E-state index contributed by atoms with van der Waals surface area (Å²) in [6.45, 7) is 0.516. The molecular weight excluding hydrogens is 297 g/mol. The maximum atomic E-state index is 12.0. The highest BCUT2D eigenvalue weighted by atomic mass is 35.5. The third-order valence-electron chi connectivity index (χ3n) is 3.83. The molecule has 2 N–H and O–H groups in total. The van der Waals surface area contributed by atoms with Crippen LogP contribution in [0.3, 0.4) is 0 Å². The Morgan fingerprint density at radius 3 is 2.55 bits per heavy atom. The molecule has 0 heterocycles. The lowest BCUT2D eigenvalue weighted by Crippen LogP contribution is -2.37. The number of aliphatic hydroxyl groups is 1. The molecule has 0 aromatic heterocycles. The Bertz CT molecular complexity index is 459. The van der Waals surface area contributed by atoms with E-state index < -0.39 is 0 Å². The lowest BCUT2D eigenvalue weighted by molar-refractivity contribution is -0.120. The minimum atomic E-state index is -0.298. The summed E-state index contributed by atoms with van der Waals surface area (Å²) in [5, 5.41) is 13.7. The van der Waals surface area contributed by atoms with Crippen molar-refractivity contribution in [1.29, 1.82) is 0 Å². The third-order valence-corrected chi connectivity index (χ3v) is 4.54. The van der Waals surface area contributed by atoms with Gasteiger partial charge in [-0.3, -0.25) is 4.79 Å². The molecule has 0 radical (unpaired) electrons. The zero-order valence-corrected chi connectivity index (χ0v) is 12.8. The predicted octanol–water partition coefficient (Wildman–Crippen LogP) is 3.20. The first-order valence-corrected chi connectivity index (χ1v) is 7.71. The summed E-state index contributed by atoms with van der Waals surface area (Å²) < 4.78 is 0. The fourth-order valence-corrected chi connectivity index (χ4v) is 3.13. The van der Waals surface area contributed by atoms with E-state index >= 15 is 0 Å². The second-order valence-corrected chi connectivity index (χ2v) is 6.11. The van der Waals surface area contributed by atoms with E-state index in [1.165, 1.54) is 0 Å². The van der Waals surface area contributed by atoms with Crippen molar-refractivity contribution < 1.29 is 9.90 Å². The SMILES string of the molecule is O=C(Cc1c(Cl)cccc1Cl)NCC1CCCCC1O. The highest BCUT2D eigenvalue weighted by Gasteiger charge is 2.23. The highest BCUT2D eigenvalue weighted by Crippen LogP contribution is 2.25. The quantitative estimate of drug-likeness (QED) is 0.896. The number of benzene rings is 1. The van der Waals surface area contributed by atoms with Crippen molar-refractivity contribution in [2.75, 3.05) is 6.54 Å². The van der Waals surface area contributed by atoms with Crippen LogP contribution in [0.2, 0.25) is 10.0 Å². The van der Waals surface area contributed by atoms with Crippen molar-refractivity contribution in [3.05, 3.63) is 33.8 Å². The predicted molar refractivity (Wildman–Crippen MR) is 81.1 cm³/mol. The van der Waals surface area contributed by atoms with E-state index in [-0.39, 0.29) is 24.3 Å². The molecule has 1 saturated carbocycles. The number of carbonyl (C=O) groups is 1. The number of aliphatic hydroxyl groups excluding tert-OH is 1. The smallest absolute Gasteiger partial charge is 0.224 e. The van der Waals surface area contributed by atoms with Gasteiger partial charge in [-0.1, -0.05) is 42.1 Å². The van der Waals surface area contributed by atoms with Gasteiger partial charge < -0.3 is 10.4 Å². The first-order valence-electron chi connectivity index (χ1n) is 6.95. The van der Waals surface area contributed by atoms with E-state index in [1.807, 2.05) is 0 Å². The number of carbonyl (C=O) groups excluding carboxylic acids is 1. The minimum Gasteiger partial charge on any atom is -0.393 e. The van der Waals surface area contributed by atoms with Crippen LogP contribution in [0.15, 0.2) is 18.2 Å². The number of hydrogen-bond donors (Lipinski definition) is 2. The van der Waals surface area contributed by atoms with Crippen molar-refractivity contribution in [2.24, 2.45) is 5.92 Å². The average molecular weight is 316 g/mol. The van der Waals surface area contributed by atoms with Gasteiger partial charge in [0.15, 0.2) is 0 Å². The monoisotopic (exact) mass is 315 g/mol. The number of amides is 1. The molecular formula is C15H19Cl2NO2. The van der Waals surface area contributed by atoms with Crippen LogP contribution >= 0.6 is 23.2 Å². The molecule has 1 amide bonds. The van der Waals surface area contributed by atoms with Crippen LogP contribution in [0.1, 0.15) is 31.2 Å². The first-order chi connectivity index (χ1) is 9.58.